The van der Waals surface area contributed by atoms with E-state index in [0.717, 1.165) is 30.9 Å². The maximum atomic E-state index is 12.4. The Labute approximate surface area is 183 Å². The maximum absolute atomic E-state index is 12.4. The highest BCUT2D eigenvalue weighted by molar-refractivity contribution is 7.19. The lowest BCUT2D eigenvalue weighted by molar-refractivity contribution is -0.115. The van der Waals surface area contributed by atoms with Gasteiger partial charge >= 0.3 is 0 Å². The molecule has 0 spiro atoms. The van der Waals surface area contributed by atoms with Crippen molar-refractivity contribution < 1.29 is 9.59 Å². The van der Waals surface area contributed by atoms with E-state index in [1.165, 1.54) is 11.3 Å². The summed E-state index contributed by atoms with van der Waals surface area (Å²) in [6.07, 6.45) is 2.74. The van der Waals surface area contributed by atoms with E-state index in [4.69, 9.17) is 0 Å². The van der Waals surface area contributed by atoms with Crippen LogP contribution in [0.25, 0.3) is 0 Å². The van der Waals surface area contributed by atoms with Gasteiger partial charge < -0.3 is 20.9 Å². The van der Waals surface area contributed by atoms with Gasteiger partial charge in [-0.1, -0.05) is 23.5 Å². The average molecular weight is 439 g/mol. The Hall–Kier alpha value is -3.60. The minimum Gasteiger partial charge on any atom is -0.355 e. The summed E-state index contributed by atoms with van der Waals surface area (Å²) in [5.74, 6) is 0.454. The van der Waals surface area contributed by atoms with Crippen molar-refractivity contribution in [1.82, 2.24) is 25.7 Å². The summed E-state index contributed by atoms with van der Waals surface area (Å²) in [5.41, 5.74) is 1.26. The Bertz CT molecular complexity index is 1060. The van der Waals surface area contributed by atoms with Gasteiger partial charge in [-0.2, -0.15) is 5.10 Å². The van der Waals surface area contributed by atoms with Crippen molar-refractivity contribution in [2.75, 3.05) is 35.7 Å². The van der Waals surface area contributed by atoms with E-state index in [0.29, 0.717) is 15.8 Å². The van der Waals surface area contributed by atoms with E-state index in [1.807, 2.05) is 18.2 Å². The van der Waals surface area contributed by atoms with Gasteiger partial charge in [0.25, 0.3) is 5.91 Å². The van der Waals surface area contributed by atoms with Crippen LogP contribution in [0.5, 0.6) is 0 Å². The minimum atomic E-state index is -0.216. The molecular weight excluding hydrogens is 416 g/mol. The molecule has 0 aliphatic carbocycles. The standard InChI is InChI=1S/C20H22N8O2S/c1-21-18(30)14-5-2-4-13(10-14)11-17(29)24-20-27-26-19(31-20)23-15-7-9-28(12-15)16-6-3-8-22-25-16/h2-6,8,10,15H,7,9,11-12H2,1H3,(H,21,30)(H,23,26)(H,24,27,29)/t15-/m1/s1. The van der Waals surface area contributed by atoms with Crippen LogP contribution in [0.1, 0.15) is 22.3 Å². The van der Waals surface area contributed by atoms with E-state index < -0.39 is 0 Å². The van der Waals surface area contributed by atoms with Crippen LogP contribution in [-0.4, -0.2) is 58.4 Å². The van der Waals surface area contributed by atoms with Crippen LogP contribution in [0.4, 0.5) is 16.1 Å². The van der Waals surface area contributed by atoms with Crippen LogP contribution in [0.2, 0.25) is 0 Å². The van der Waals surface area contributed by atoms with E-state index in [2.05, 4.69) is 41.2 Å². The fraction of sp³-hybridized carbons (Fsp3) is 0.300. The van der Waals surface area contributed by atoms with Crippen LogP contribution in [0.15, 0.2) is 42.6 Å². The first-order valence-corrected chi connectivity index (χ1v) is 10.7. The quantitative estimate of drug-likeness (QED) is 0.508. The van der Waals surface area contributed by atoms with Crippen molar-refractivity contribution in [1.29, 1.82) is 0 Å². The predicted octanol–water partition coefficient (Wildman–Crippen LogP) is 1.56. The second-order valence-electron chi connectivity index (χ2n) is 7.07. The second-order valence-corrected chi connectivity index (χ2v) is 8.05. The highest BCUT2D eigenvalue weighted by atomic mass is 32.1. The summed E-state index contributed by atoms with van der Waals surface area (Å²) in [4.78, 5) is 26.3. The van der Waals surface area contributed by atoms with Crippen molar-refractivity contribution in [3.8, 4) is 0 Å². The van der Waals surface area contributed by atoms with E-state index >= 15 is 0 Å². The normalized spacial score (nSPS) is 15.5. The fourth-order valence-electron chi connectivity index (χ4n) is 3.37. The summed E-state index contributed by atoms with van der Waals surface area (Å²) in [7, 11) is 1.57. The molecule has 1 aliphatic rings. The number of aromatic nitrogens is 4. The number of carbonyl (C=O) groups is 2. The lowest BCUT2D eigenvalue weighted by Gasteiger charge is -2.16. The fourth-order valence-corrected chi connectivity index (χ4v) is 4.11. The van der Waals surface area contributed by atoms with Crippen LogP contribution in [0, 0.1) is 0 Å². The van der Waals surface area contributed by atoms with Crippen LogP contribution >= 0.6 is 11.3 Å². The van der Waals surface area contributed by atoms with Gasteiger partial charge in [0.15, 0.2) is 5.82 Å². The molecule has 2 aromatic heterocycles. The Balaban J connectivity index is 1.29. The molecule has 11 heteroatoms. The van der Waals surface area contributed by atoms with Gasteiger partial charge in [0.1, 0.15) is 0 Å². The Kier molecular flexibility index (Phi) is 6.32. The zero-order chi connectivity index (χ0) is 21.6. The number of nitrogens with zero attached hydrogens (tertiary/aromatic N) is 5. The van der Waals surface area contributed by atoms with E-state index in [-0.39, 0.29) is 24.3 Å². The molecule has 0 unspecified atom stereocenters. The summed E-state index contributed by atoms with van der Waals surface area (Å²) < 4.78 is 0. The molecule has 3 N–H and O–H groups in total. The third kappa shape index (κ3) is 5.31. The molecule has 0 radical (unpaired) electrons. The van der Waals surface area contributed by atoms with Gasteiger partial charge in [0, 0.05) is 37.9 Å². The summed E-state index contributed by atoms with van der Waals surface area (Å²) in [6.45, 7) is 1.68. The Morgan fingerprint density at radius 1 is 1.16 bits per heavy atom. The summed E-state index contributed by atoms with van der Waals surface area (Å²) in [5, 5.41) is 26.0. The van der Waals surface area contributed by atoms with Crippen molar-refractivity contribution in [2.24, 2.45) is 0 Å². The van der Waals surface area contributed by atoms with Gasteiger partial charge in [-0.3, -0.25) is 9.59 Å². The lowest BCUT2D eigenvalue weighted by atomic mass is 10.1. The molecule has 1 aromatic carbocycles. The van der Waals surface area contributed by atoms with Crippen molar-refractivity contribution in [2.45, 2.75) is 18.9 Å². The smallest absolute Gasteiger partial charge is 0.251 e. The molecule has 1 atom stereocenters. The second kappa shape index (κ2) is 9.47. The van der Waals surface area contributed by atoms with Crippen molar-refractivity contribution in [3.05, 3.63) is 53.7 Å². The molecule has 160 valence electrons. The Morgan fingerprint density at radius 2 is 2.03 bits per heavy atom. The third-order valence-electron chi connectivity index (χ3n) is 4.85. The van der Waals surface area contributed by atoms with Gasteiger partial charge in [0.05, 0.1) is 6.42 Å². The monoisotopic (exact) mass is 438 g/mol. The molecular formula is C20H22N8O2S. The Morgan fingerprint density at radius 3 is 2.84 bits per heavy atom. The average Bonchev–Trinajstić information content (AvgIpc) is 3.43. The molecule has 1 saturated heterocycles. The zero-order valence-electron chi connectivity index (χ0n) is 16.9. The van der Waals surface area contributed by atoms with Crippen LogP contribution < -0.4 is 20.9 Å². The predicted molar refractivity (Wildman–Crippen MR) is 118 cm³/mol. The topological polar surface area (TPSA) is 125 Å². The summed E-state index contributed by atoms with van der Waals surface area (Å²) >= 11 is 1.29. The number of hydrogen-bond donors (Lipinski definition) is 3. The molecule has 31 heavy (non-hydrogen) atoms. The first-order valence-electron chi connectivity index (χ1n) is 9.84. The molecule has 3 aromatic rings. The molecule has 10 nitrogen and oxygen atoms in total. The lowest BCUT2D eigenvalue weighted by Crippen LogP contribution is -2.26. The number of amides is 2. The number of anilines is 3. The zero-order valence-corrected chi connectivity index (χ0v) is 17.7. The van der Waals surface area contributed by atoms with Crippen molar-refractivity contribution >= 4 is 39.2 Å². The van der Waals surface area contributed by atoms with Crippen LogP contribution in [-0.2, 0) is 11.2 Å². The molecule has 0 saturated carbocycles. The van der Waals surface area contributed by atoms with Crippen LogP contribution in [0.3, 0.4) is 0 Å². The molecule has 4 rings (SSSR count). The highest BCUT2D eigenvalue weighted by Gasteiger charge is 2.24. The highest BCUT2D eigenvalue weighted by Crippen LogP contribution is 2.24. The van der Waals surface area contributed by atoms with E-state index in [9.17, 15) is 9.59 Å². The third-order valence-corrected chi connectivity index (χ3v) is 5.62. The minimum absolute atomic E-state index is 0.142. The number of benzene rings is 1. The van der Waals surface area contributed by atoms with E-state index in [1.54, 1.807) is 31.4 Å². The largest absolute Gasteiger partial charge is 0.355 e. The number of rotatable bonds is 7. The molecule has 1 fully saturated rings. The molecule has 2 amide bonds. The number of carbonyl (C=O) groups excluding carboxylic acids is 2. The molecule has 0 bridgehead atoms. The summed E-state index contributed by atoms with van der Waals surface area (Å²) in [6, 6.07) is 11.0. The maximum Gasteiger partial charge on any atom is 0.251 e. The molecule has 3 heterocycles. The van der Waals surface area contributed by atoms with Gasteiger partial charge in [0.2, 0.25) is 16.2 Å². The number of nitrogens with one attached hydrogen (secondary N) is 3. The number of hydrogen-bond acceptors (Lipinski definition) is 9. The SMILES string of the molecule is CNC(=O)c1cccc(CC(=O)Nc2nnc(N[C@@H]3CCN(c4cccnn4)C3)s2)c1. The van der Waals surface area contributed by atoms with Gasteiger partial charge in [-0.05, 0) is 36.2 Å². The molecule has 1 aliphatic heterocycles. The first-order chi connectivity index (χ1) is 15.1. The van der Waals surface area contributed by atoms with Gasteiger partial charge in [-0.15, -0.1) is 15.3 Å². The van der Waals surface area contributed by atoms with Gasteiger partial charge in [-0.25, -0.2) is 0 Å². The van der Waals surface area contributed by atoms with Crippen molar-refractivity contribution in [3.63, 3.8) is 0 Å². The first kappa shape index (κ1) is 20.7.